The molecular formula is C15H22ClN3O2. The molecule has 1 aliphatic heterocycles. The van der Waals surface area contributed by atoms with Crippen molar-refractivity contribution in [3.8, 4) is 0 Å². The maximum absolute atomic E-state index is 10.8. The van der Waals surface area contributed by atoms with E-state index >= 15 is 0 Å². The third-order valence-electron chi connectivity index (χ3n) is 3.86. The molecule has 0 radical (unpaired) electrons. The standard InChI is InChI=1S/C15H22ClN3O2/c1-11(9-12-5-3-2-4-8-17-12)18-15-10-13(19(20)21)6-7-14(15)16/h6-7,10-12,17-18H,2-5,8-9H2,1H3. The molecule has 21 heavy (non-hydrogen) atoms. The van der Waals surface area contributed by atoms with Crippen molar-refractivity contribution in [2.24, 2.45) is 0 Å². The van der Waals surface area contributed by atoms with Crippen molar-refractivity contribution in [2.45, 2.75) is 51.1 Å². The molecule has 0 saturated carbocycles. The van der Waals surface area contributed by atoms with Gasteiger partial charge in [-0.05, 0) is 38.8 Å². The van der Waals surface area contributed by atoms with Crippen LogP contribution in [0.25, 0.3) is 0 Å². The van der Waals surface area contributed by atoms with Gasteiger partial charge in [0.15, 0.2) is 0 Å². The van der Waals surface area contributed by atoms with Crippen molar-refractivity contribution in [1.82, 2.24) is 5.32 Å². The van der Waals surface area contributed by atoms with Crippen LogP contribution in [0.4, 0.5) is 11.4 Å². The van der Waals surface area contributed by atoms with Crippen LogP contribution in [0.1, 0.15) is 39.0 Å². The van der Waals surface area contributed by atoms with Crippen LogP contribution in [-0.4, -0.2) is 23.6 Å². The number of halogens is 1. The fourth-order valence-electron chi connectivity index (χ4n) is 2.79. The van der Waals surface area contributed by atoms with Crippen LogP contribution in [0.2, 0.25) is 5.02 Å². The highest BCUT2D eigenvalue weighted by molar-refractivity contribution is 6.33. The van der Waals surface area contributed by atoms with Gasteiger partial charge in [-0.25, -0.2) is 0 Å². The van der Waals surface area contributed by atoms with Crippen LogP contribution in [0.15, 0.2) is 18.2 Å². The minimum Gasteiger partial charge on any atom is -0.381 e. The fourth-order valence-corrected chi connectivity index (χ4v) is 2.96. The first kappa shape index (κ1) is 16.0. The molecule has 2 unspecified atom stereocenters. The zero-order chi connectivity index (χ0) is 15.2. The van der Waals surface area contributed by atoms with Crippen molar-refractivity contribution < 1.29 is 4.92 Å². The molecule has 116 valence electrons. The zero-order valence-electron chi connectivity index (χ0n) is 12.3. The first-order valence-corrected chi connectivity index (χ1v) is 7.88. The number of nitrogens with one attached hydrogen (secondary N) is 2. The Morgan fingerprint density at radius 1 is 1.48 bits per heavy atom. The van der Waals surface area contributed by atoms with E-state index < -0.39 is 4.92 Å². The summed E-state index contributed by atoms with van der Waals surface area (Å²) in [5, 5.41) is 18.2. The third-order valence-corrected chi connectivity index (χ3v) is 4.19. The largest absolute Gasteiger partial charge is 0.381 e. The Morgan fingerprint density at radius 3 is 3.05 bits per heavy atom. The van der Waals surface area contributed by atoms with Crippen molar-refractivity contribution in [3.05, 3.63) is 33.3 Å². The highest BCUT2D eigenvalue weighted by atomic mass is 35.5. The van der Waals surface area contributed by atoms with Gasteiger partial charge in [0.25, 0.3) is 5.69 Å². The second-order valence-corrected chi connectivity index (χ2v) is 6.11. The predicted octanol–water partition coefficient (Wildman–Crippen LogP) is 3.97. The molecule has 0 bridgehead atoms. The van der Waals surface area contributed by atoms with Gasteiger partial charge in [-0.15, -0.1) is 0 Å². The van der Waals surface area contributed by atoms with Gasteiger partial charge in [0.05, 0.1) is 15.6 Å². The summed E-state index contributed by atoms with van der Waals surface area (Å²) in [6.07, 6.45) is 5.98. The second kappa shape index (κ2) is 7.61. The van der Waals surface area contributed by atoms with E-state index in [0.29, 0.717) is 16.8 Å². The molecule has 1 heterocycles. The molecule has 0 aliphatic carbocycles. The van der Waals surface area contributed by atoms with Crippen LogP contribution in [-0.2, 0) is 0 Å². The number of benzene rings is 1. The van der Waals surface area contributed by atoms with Gasteiger partial charge in [0, 0.05) is 24.2 Å². The first-order valence-electron chi connectivity index (χ1n) is 7.50. The van der Waals surface area contributed by atoms with Gasteiger partial charge >= 0.3 is 0 Å². The number of hydrogen-bond acceptors (Lipinski definition) is 4. The molecule has 1 aromatic rings. The average molecular weight is 312 g/mol. The summed E-state index contributed by atoms with van der Waals surface area (Å²) in [5.74, 6) is 0. The van der Waals surface area contributed by atoms with Crippen molar-refractivity contribution >= 4 is 23.0 Å². The summed E-state index contributed by atoms with van der Waals surface area (Å²) in [6, 6.07) is 5.20. The number of nitro groups is 1. The molecule has 2 N–H and O–H groups in total. The molecule has 1 aliphatic rings. The van der Waals surface area contributed by atoms with Crippen molar-refractivity contribution in [1.29, 1.82) is 0 Å². The SMILES string of the molecule is CC(CC1CCCCCN1)Nc1cc([N+](=O)[O-])ccc1Cl. The summed E-state index contributed by atoms with van der Waals surface area (Å²) in [7, 11) is 0. The monoisotopic (exact) mass is 311 g/mol. The number of non-ortho nitro benzene ring substituents is 1. The van der Waals surface area contributed by atoms with E-state index in [1.165, 1.54) is 37.8 Å². The molecular weight excluding hydrogens is 290 g/mol. The minimum absolute atomic E-state index is 0.0571. The van der Waals surface area contributed by atoms with Crippen molar-refractivity contribution in [2.75, 3.05) is 11.9 Å². The van der Waals surface area contributed by atoms with E-state index in [2.05, 4.69) is 17.6 Å². The minimum atomic E-state index is -0.404. The Morgan fingerprint density at radius 2 is 2.29 bits per heavy atom. The fraction of sp³-hybridized carbons (Fsp3) is 0.600. The molecule has 1 fully saturated rings. The Bertz CT molecular complexity index is 488. The lowest BCUT2D eigenvalue weighted by molar-refractivity contribution is -0.384. The van der Waals surface area contributed by atoms with Gasteiger partial charge in [-0.2, -0.15) is 0 Å². The molecule has 5 nitrogen and oxygen atoms in total. The topological polar surface area (TPSA) is 67.2 Å². The van der Waals surface area contributed by atoms with Crippen molar-refractivity contribution in [3.63, 3.8) is 0 Å². The summed E-state index contributed by atoms with van der Waals surface area (Å²) in [4.78, 5) is 10.4. The normalized spacial score (nSPS) is 20.6. The van der Waals surface area contributed by atoms with Gasteiger partial charge < -0.3 is 10.6 Å². The van der Waals surface area contributed by atoms with E-state index in [1.54, 1.807) is 6.07 Å². The highest BCUT2D eigenvalue weighted by Crippen LogP contribution is 2.28. The van der Waals surface area contributed by atoms with E-state index in [9.17, 15) is 10.1 Å². The van der Waals surface area contributed by atoms with Crippen LogP contribution in [0.5, 0.6) is 0 Å². The van der Waals surface area contributed by atoms with Crippen LogP contribution in [0.3, 0.4) is 0 Å². The van der Waals surface area contributed by atoms with E-state index in [4.69, 9.17) is 11.6 Å². The van der Waals surface area contributed by atoms with Crippen LogP contribution < -0.4 is 10.6 Å². The zero-order valence-corrected chi connectivity index (χ0v) is 13.0. The molecule has 2 rings (SSSR count). The van der Waals surface area contributed by atoms with Gasteiger partial charge in [-0.3, -0.25) is 10.1 Å². The Kier molecular flexibility index (Phi) is 5.82. The lowest BCUT2D eigenvalue weighted by Gasteiger charge is -2.22. The Balaban J connectivity index is 1.96. The van der Waals surface area contributed by atoms with Gasteiger partial charge in [0.2, 0.25) is 0 Å². The maximum atomic E-state index is 10.8. The lowest BCUT2D eigenvalue weighted by Crippen LogP contribution is -2.33. The maximum Gasteiger partial charge on any atom is 0.271 e. The Hall–Kier alpha value is -1.33. The molecule has 0 amide bonds. The average Bonchev–Trinajstić information content (AvgIpc) is 2.69. The summed E-state index contributed by atoms with van der Waals surface area (Å²) < 4.78 is 0. The van der Waals surface area contributed by atoms with Crippen LogP contribution >= 0.6 is 11.6 Å². The molecule has 1 aromatic carbocycles. The molecule has 1 saturated heterocycles. The second-order valence-electron chi connectivity index (χ2n) is 5.70. The highest BCUT2D eigenvalue weighted by Gasteiger charge is 2.16. The molecule has 0 spiro atoms. The number of anilines is 1. The molecule has 2 atom stereocenters. The summed E-state index contributed by atoms with van der Waals surface area (Å²) in [6.45, 7) is 3.16. The summed E-state index contributed by atoms with van der Waals surface area (Å²) >= 11 is 6.11. The molecule has 0 aromatic heterocycles. The smallest absolute Gasteiger partial charge is 0.271 e. The third kappa shape index (κ3) is 4.86. The molecule has 6 heteroatoms. The van der Waals surface area contributed by atoms with Gasteiger partial charge in [0.1, 0.15) is 0 Å². The van der Waals surface area contributed by atoms with E-state index in [-0.39, 0.29) is 11.7 Å². The number of nitro benzene ring substituents is 1. The van der Waals surface area contributed by atoms with Gasteiger partial charge in [-0.1, -0.05) is 24.4 Å². The van der Waals surface area contributed by atoms with E-state index in [1.807, 2.05) is 0 Å². The summed E-state index contributed by atoms with van der Waals surface area (Å²) in [5.41, 5.74) is 0.689. The van der Waals surface area contributed by atoms with Crippen LogP contribution in [0, 0.1) is 10.1 Å². The van der Waals surface area contributed by atoms with E-state index in [0.717, 1.165) is 13.0 Å². The lowest BCUT2D eigenvalue weighted by atomic mass is 10.0. The number of rotatable bonds is 5. The number of hydrogen-bond donors (Lipinski definition) is 2. The first-order chi connectivity index (χ1) is 10.1. The predicted molar refractivity (Wildman–Crippen MR) is 86.1 cm³/mol. The Labute approximate surface area is 130 Å². The number of nitrogens with zero attached hydrogens (tertiary/aromatic N) is 1. The quantitative estimate of drug-likeness (QED) is 0.638.